The molecule has 0 aromatic heterocycles. The number of carbonyl (C=O) groups is 1. The molecule has 0 amide bonds. The fourth-order valence-electron chi connectivity index (χ4n) is 1.93. The average Bonchev–Trinajstić information content (AvgIpc) is 2.29. The summed E-state index contributed by atoms with van der Waals surface area (Å²) in [4.78, 5) is 26.1. The zero-order valence-corrected chi connectivity index (χ0v) is 14.2. The summed E-state index contributed by atoms with van der Waals surface area (Å²) in [7, 11) is 1.46. The molecule has 6 nitrogen and oxygen atoms in total. The van der Waals surface area contributed by atoms with Crippen LogP contribution >= 0.6 is 18.2 Å². The molecule has 120 valence electrons. The molecule has 0 bridgehead atoms. The summed E-state index contributed by atoms with van der Waals surface area (Å²) in [6.07, 6.45) is 4.13. The summed E-state index contributed by atoms with van der Waals surface area (Å²) in [6.45, 7) is 1.91. The van der Waals surface area contributed by atoms with Crippen molar-refractivity contribution in [2.75, 3.05) is 13.7 Å². The van der Waals surface area contributed by atoms with Crippen LogP contribution in [-0.4, -0.2) is 35.6 Å². The highest BCUT2D eigenvalue weighted by Crippen LogP contribution is 2.48. The van der Waals surface area contributed by atoms with Crippen LogP contribution in [0.4, 0.5) is 0 Å². The van der Waals surface area contributed by atoms with Gasteiger partial charge in [-0.25, -0.2) is 9.36 Å². The van der Waals surface area contributed by atoms with E-state index in [1.54, 1.807) is 13.8 Å². The Morgan fingerprint density at radius 1 is 1.35 bits per heavy atom. The van der Waals surface area contributed by atoms with E-state index >= 15 is 0 Å². The maximum atomic E-state index is 11.9. The highest BCUT2D eigenvalue weighted by molar-refractivity contribution is 7.80. The molecule has 8 heteroatoms. The van der Waals surface area contributed by atoms with Crippen LogP contribution in [0.15, 0.2) is 0 Å². The normalized spacial score (nSPS) is 16.2. The van der Waals surface area contributed by atoms with E-state index in [1.807, 2.05) is 0 Å². The van der Waals surface area contributed by atoms with Gasteiger partial charge in [0.1, 0.15) is 6.04 Å². The summed E-state index contributed by atoms with van der Waals surface area (Å²) < 4.78 is 15.4. The lowest BCUT2D eigenvalue weighted by Gasteiger charge is -2.30. The predicted molar refractivity (Wildman–Crippen MR) is 78.3 cm³/mol. The third-order valence-corrected chi connectivity index (χ3v) is 3.46. The highest BCUT2D eigenvalue weighted by atomic mass is 35.7. The Kier molecular flexibility index (Phi) is 9.68. The molecule has 2 atom stereocenters. The lowest BCUT2D eigenvalue weighted by atomic mass is 10.0. The van der Waals surface area contributed by atoms with Gasteiger partial charge in [-0.2, -0.15) is 5.06 Å². The monoisotopic (exact) mass is 329 g/mol. The summed E-state index contributed by atoms with van der Waals surface area (Å²) in [5.74, 6) is -0.991. The van der Waals surface area contributed by atoms with Gasteiger partial charge in [-0.05, 0) is 12.3 Å². The molecule has 20 heavy (non-hydrogen) atoms. The van der Waals surface area contributed by atoms with E-state index < -0.39 is 19.0 Å². The van der Waals surface area contributed by atoms with Crippen molar-refractivity contribution >= 4 is 24.2 Å². The Morgan fingerprint density at radius 3 is 2.35 bits per heavy atom. The van der Waals surface area contributed by atoms with Crippen molar-refractivity contribution in [2.24, 2.45) is 5.92 Å². The molecule has 0 aromatic rings. The van der Waals surface area contributed by atoms with Gasteiger partial charge < -0.3 is 14.3 Å². The SMILES string of the molecule is CCCCCCN(OC)[C@H](C(=O)OP(=O)(O)Cl)C(C)C. The van der Waals surface area contributed by atoms with Gasteiger partial charge in [-0.15, -0.1) is 0 Å². The second-order valence-corrected chi connectivity index (χ2v) is 7.30. The Labute approximate surface area is 125 Å². The number of unbranched alkanes of at least 4 members (excludes halogenated alkanes) is 3. The minimum absolute atomic E-state index is 0.142. The van der Waals surface area contributed by atoms with Gasteiger partial charge in [0.25, 0.3) is 0 Å². The van der Waals surface area contributed by atoms with Gasteiger partial charge in [-0.1, -0.05) is 40.0 Å². The zero-order valence-electron chi connectivity index (χ0n) is 12.5. The molecule has 0 aromatic carbocycles. The number of hydrogen-bond donors (Lipinski definition) is 1. The van der Waals surface area contributed by atoms with Crippen LogP contribution in [0.25, 0.3) is 0 Å². The van der Waals surface area contributed by atoms with E-state index in [1.165, 1.54) is 12.2 Å². The van der Waals surface area contributed by atoms with E-state index in [0.29, 0.717) is 6.54 Å². The van der Waals surface area contributed by atoms with Crippen molar-refractivity contribution in [3.05, 3.63) is 0 Å². The molecule has 0 saturated heterocycles. The largest absolute Gasteiger partial charge is 0.476 e. The first-order valence-electron chi connectivity index (χ1n) is 6.79. The lowest BCUT2D eigenvalue weighted by molar-refractivity contribution is -0.189. The van der Waals surface area contributed by atoms with Crippen molar-refractivity contribution in [1.29, 1.82) is 0 Å². The Balaban J connectivity index is 4.67. The maximum Gasteiger partial charge on any atom is 0.476 e. The molecule has 0 aliphatic rings. The number of halogens is 1. The van der Waals surface area contributed by atoms with Gasteiger partial charge in [0.15, 0.2) is 0 Å². The summed E-state index contributed by atoms with van der Waals surface area (Å²) in [5, 5.41) is 1.48. The van der Waals surface area contributed by atoms with E-state index in [4.69, 9.17) is 21.0 Å². The molecule has 0 fully saturated rings. The van der Waals surface area contributed by atoms with Gasteiger partial charge in [0.2, 0.25) is 0 Å². The first-order chi connectivity index (χ1) is 9.22. The van der Waals surface area contributed by atoms with E-state index in [0.717, 1.165) is 25.7 Å². The van der Waals surface area contributed by atoms with Gasteiger partial charge >= 0.3 is 12.9 Å². The second-order valence-electron chi connectivity index (χ2n) is 4.93. The van der Waals surface area contributed by atoms with Crippen LogP contribution in [0.5, 0.6) is 0 Å². The van der Waals surface area contributed by atoms with Crippen LogP contribution in [0.1, 0.15) is 46.5 Å². The zero-order chi connectivity index (χ0) is 15.8. The minimum atomic E-state index is -4.36. The maximum absolute atomic E-state index is 11.9. The van der Waals surface area contributed by atoms with Crippen molar-refractivity contribution in [3.8, 4) is 0 Å². The molecule has 1 unspecified atom stereocenters. The Hall–Kier alpha value is -0.130. The Bertz CT molecular complexity index is 334. The number of rotatable bonds is 10. The number of hydrogen-bond acceptors (Lipinski definition) is 5. The summed E-state index contributed by atoms with van der Waals surface area (Å²) in [6, 6.07) is -0.763. The first kappa shape index (κ1) is 19.9. The minimum Gasteiger partial charge on any atom is -0.379 e. The van der Waals surface area contributed by atoms with Crippen molar-refractivity contribution in [3.63, 3.8) is 0 Å². The van der Waals surface area contributed by atoms with Crippen LogP contribution in [0, 0.1) is 5.92 Å². The number of hydroxylamine groups is 2. The predicted octanol–water partition coefficient (Wildman–Crippen LogP) is 3.34. The second kappa shape index (κ2) is 9.74. The summed E-state index contributed by atoms with van der Waals surface area (Å²) >= 11 is 5.08. The molecule has 0 heterocycles. The first-order valence-corrected chi connectivity index (χ1v) is 9.27. The molecule has 0 radical (unpaired) electrons. The molecular formula is C12H25ClNO5P. The van der Waals surface area contributed by atoms with E-state index in [9.17, 15) is 9.36 Å². The molecule has 0 spiro atoms. The van der Waals surface area contributed by atoms with Crippen molar-refractivity contribution in [1.82, 2.24) is 5.06 Å². The summed E-state index contributed by atoms with van der Waals surface area (Å²) in [5.41, 5.74) is 0. The van der Waals surface area contributed by atoms with E-state index in [-0.39, 0.29) is 5.92 Å². The van der Waals surface area contributed by atoms with Gasteiger partial charge in [0.05, 0.1) is 7.11 Å². The molecule has 0 rings (SSSR count). The third-order valence-electron chi connectivity index (χ3n) is 2.85. The molecule has 0 saturated carbocycles. The van der Waals surface area contributed by atoms with Crippen LogP contribution in [-0.2, 0) is 18.7 Å². The third kappa shape index (κ3) is 8.22. The highest BCUT2D eigenvalue weighted by Gasteiger charge is 2.34. The van der Waals surface area contributed by atoms with Crippen molar-refractivity contribution in [2.45, 2.75) is 52.5 Å². The van der Waals surface area contributed by atoms with Gasteiger partial charge in [0, 0.05) is 17.8 Å². The fraction of sp³-hybridized carbons (Fsp3) is 0.917. The van der Waals surface area contributed by atoms with Crippen LogP contribution in [0.2, 0.25) is 0 Å². The standard InChI is InChI=1S/C12H25ClNO5P/c1-5-6-7-8-9-14(18-4)11(10(2)3)12(15)19-20(13,16)17/h10-11H,5-9H2,1-4H3,(H,16,17)/t11-/m0/s1. The Morgan fingerprint density at radius 2 is 1.95 bits per heavy atom. The quantitative estimate of drug-likeness (QED) is 0.376. The number of nitrogens with zero attached hydrogens (tertiary/aromatic N) is 1. The van der Waals surface area contributed by atoms with Crippen molar-refractivity contribution < 1.29 is 23.6 Å². The topological polar surface area (TPSA) is 76.1 Å². The smallest absolute Gasteiger partial charge is 0.379 e. The van der Waals surface area contributed by atoms with Gasteiger partial charge in [-0.3, -0.25) is 0 Å². The molecule has 0 aliphatic carbocycles. The fourth-order valence-corrected chi connectivity index (χ4v) is 2.46. The van der Waals surface area contributed by atoms with Crippen LogP contribution < -0.4 is 0 Å². The van der Waals surface area contributed by atoms with E-state index in [2.05, 4.69) is 11.4 Å². The lowest BCUT2D eigenvalue weighted by Crippen LogP contribution is -2.45. The molecular weight excluding hydrogens is 305 g/mol. The molecule has 1 N–H and O–H groups in total. The average molecular weight is 330 g/mol. The van der Waals surface area contributed by atoms with Crippen LogP contribution in [0.3, 0.4) is 0 Å². The molecule has 0 aliphatic heterocycles. The number of carbonyl (C=O) groups excluding carboxylic acids is 1.